The lowest BCUT2D eigenvalue weighted by atomic mass is 10.3. The van der Waals surface area contributed by atoms with Crippen molar-refractivity contribution in [3.63, 3.8) is 0 Å². The van der Waals surface area contributed by atoms with E-state index in [9.17, 15) is 0 Å². The minimum Gasteiger partial charge on any atom is -0.385 e. The molecule has 0 aromatic carbocycles. The van der Waals surface area contributed by atoms with E-state index in [1.54, 1.807) is 18.4 Å². The van der Waals surface area contributed by atoms with Crippen LogP contribution in [0.2, 0.25) is 0 Å². The molecule has 0 saturated heterocycles. The van der Waals surface area contributed by atoms with E-state index < -0.39 is 0 Å². The van der Waals surface area contributed by atoms with Crippen molar-refractivity contribution < 1.29 is 4.74 Å². The van der Waals surface area contributed by atoms with Gasteiger partial charge in [0.25, 0.3) is 0 Å². The lowest BCUT2D eigenvalue weighted by molar-refractivity contribution is 0.195. The molecule has 0 unspecified atom stereocenters. The summed E-state index contributed by atoms with van der Waals surface area (Å²) in [5, 5.41) is 8.54. The standard InChI is InChI=1S/C13H20N2OS2/c1-16-7-2-6-14-13(17)15(12-3-4-12)9-11-5-8-18-10-11/h5,8,10,12H,2-4,6-7,9H2,1H3,(H,14,17). The predicted octanol–water partition coefficient (Wildman–Crippen LogP) is 2.62. The lowest BCUT2D eigenvalue weighted by Crippen LogP contribution is -2.41. The van der Waals surface area contributed by atoms with Crippen molar-refractivity contribution in [2.45, 2.75) is 31.8 Å². The second-order valence-corrected chi connectivity index (χ2v) is 5.74. The van der Waals surface area contributed by atoms with Crippen LogP contribution in [0.15, 0.2) is 16.8 Å². The van der Waals surface area contributed by atoms with Gasteiger partial charge in [-0.2, -0.15) is 11.3 Å². The fraction of sp³-hybridized carbons (Fsp3) is 0.615. The molecule has 3 nitrogen and oxygen atoms in total. The molecule has 1 aromatic heterocycles. The molecule has 1 N–H and O–H groups in total. The minimum atomic E-state index is 0.646. The number of nitrogens with one attached hydrogen (secondary N) is 1. The topological polar surface area (TPSA) is 24.5 Å². The molecule has 1 fully saturated rings. The molecular formula is C13H20N2OS2. The van der Waals surface area contributed by atoms with Crippen LogP contribution in [0.3, 0.4) is 0 Å². The Labute approximate surface area is 118 Å². The highest BCUT2D eigenvalue weighted by molar-refractivity contribution is 7.80. The highest BCUT2D eigenvalue weighted by Gasteiger charge is 2.30. The Morgan fingerprint density at radius 1 is 1.61 bits per heavy atom. The van der Waals surface area contributed by atoms with Crippen LogP contribution in [0.5, 0.6) is 0 Å². The van der Waals surface area contributed by atoms with Gasteiger partial charge in [0.15, 0.2) is 5.11 Å². The molecule has 0 amide bonds. The van der Waals surface area contributed by atoms with Crippen LogP contribution in [0.1, 0.15) is 24.8 Å². The second-order valence-electron chi connectivity index (χ2n) is 4.57. The monoisotopic (exact) mass is 284 g/mol. The van der Waals surface area contributed by atoms with Gasteiger partial charge in [0.1, 0.15) is 0 Å². The van der Waals surface area contributed by atoms with E-state index in [1.165, 1.54) is 18.4 Å². The number of rotatable bonds is 7. The SMILES string of the molecule is COCCCNC(=S)N(Cc1ccsc1)C1CC1. The van der Waals surface area contributed by atoms with Gasteiger partial charge in [-0.05, 0) is 53.9 Å². The average Bonchev–Trinajstić information content (AvgIpc) is 3.08. The molecule has 0 radical (unpaired) electrons. The van der Waals surface area contributed by atoms with Gasteiger partial charge >= 0.3 is 0 Å². The van der Waals surface area contributed by atoms with Crippen LogP contribution in [0.25, 0.3) is 0 Å². The summed E-state index contributed by atoms with van der Waals surface area (Å²) >= 11 is 7.23. The van der Waals surface area contributed by atoms with E-state index >= 15 is 0 Å². The third-order valence-electron chi connectivity index (χ3n) is 2.98. The third kappa shape index (κ3) is 4.23. The Hall–Kier alpha value is -0.650. The molecule has 1 aliphatic rings. The minimum absolute atomic E-state index is 0.646. The molecule has 1 heterocycles. The molecule has 0 bridgehead atoms. The normalized spacial score (nSPS) is 14.5. The average molecular weight is 284 g/mol. The van der Waals surface area contributed by atoms with E-state index in [1.807, 2.05) is 0 Å². The summed E-state index contributed by atoms with van der Waals surface area (Å²) in [5.74, 6) is 0. The van der Waals surface area contributed by atoms with Gasteiger partial charge in [-0.25, -0.2) is 0 Å². The Bertz CT molecular complexity index is 363. The van der Waals surface area contributed by atoms with E-state index in [-0.39, 0.29) is 0 Å². The fourth-order valence-corrected chi connectivity index (χ4v) is 2.82. The van der Waals surface area contributed by atoms with Crippen LogP contribution in [0, 0.1) is 0 Å². The highest BCUT2D eigenvalue weighted by atomic mass is 32.1. The van der Waals surface area contributed by atoms with Gasteiger partial charge in [-0.3, -0.25) is 0 Å². The zero-order chi connectivity index (χ0) is 12.8. The molecule has 2 rings (SSSR count). The highest BCUT2D eigenvalue weighted by Crippen LogP contribution is 2.28. The van der Waals surface area contributed by atoms with E-state index in [2.05, 4.69) is 27.0 Å². The van der Waals surface area contributed by atoms with Crippen LogP contribution in [0.4, 0.5) is 0 Å². The number of methoxy groups -OCH3 is 1. The van der Waals surface area contributed by atoms with Crippen molar-refractivity contribution >= 4 is 28.7 Å². The fourth-order valence-electron chi connectivity index (χ4n) is 1.85. The van der Waals surface area contributed by atoms with Crippen molar-refractivity contribution in [1.29, 1.82) is 0 Å². The van der Waals surface area contributed by atoms with Crippen molar-refractivity contribution in [3.05, 3.63) is 22.4 Å². The van der Waals surface area contributed by atoms with Crippen LogP contribution >= 0.6 is 23.6 Å². The number of thiophene rings is 1. The summed E-state index contributed by atoms with van der Waals surface area (Å²) in [5.41, 5.74) is 1.35. The van der Waals surface area contributed by atoms with Gasteiger partial charge < -0.3 is 15.0 Å². The molecule has 100 valence electrons. The van der Waals surface area contributed by atoms with Crippen molar-refractivity contribution in [3.8, 4) is 0 Å². The molecule has 1 aromatic rings. The first-order valence-electron chi connectivity index (χ1n) is 6.35. The van der Waals surface area contributed by atoms with Gasteiger partial charge in [-0.1, -0.05) is 0 Å². The number of nitrogens with zero attached hydrogens (tertiary/aromatic N) is 1. The van der Waals surface area contributed by atoms with Crippen LogP contribution in [-0.4, -0.2) is 36.3 Å². The maximum atomic E-state index is 5.49. The number of thiocarbonyl (C=S) groups is 1. The smallest absolute Gasteiger partial charge is 0.169 e. The van der Waals surface area contributed by atoms with Gasteiger partial charge in [0, 0.05) is 32.8 Å². The van der Waals surface area contributed by atoms with E-state index in [4.69, 9.17) is 17.0 Å². The van der Waals surface area contributed by atoms with Crippen LogP contribution < -0.4 is 5.32 Å². The molecule has 18 heavy (non-hydrogen) atoms. The Morgan fingerprint density at radius 3 is 3.06 bits per heavy atom. The first-order chi connectivity index (χ1) is 8.81. The van der Waals surface area contributed by atoms with Gasteiger partial charge in [0.05, 0.1) is 0 Å². The van der Waals surface area contributed by atoms with Crippen molar-refractivity contribution in [2.75, 3.05) is 20.3 Å². The first kappa shape index (κ1) is 13.8. The zero-order valence-corrected chi connectivity index (χ0v) is 12.4. The summed E-state index contributed by atoms with van der Waals surface area (Å²) in [6.07, 6.45) is 3.53. The van der Waals surface area contributed by atoms with E-state index in [0.717, 1.165) is 31.2 Å². The maximum absolute atomic E-state index is 5.49. The summed E-state index contributed by atoms with van der Waals surface area (Å²) in [6.45, 7) is 2.60. The molecule has 1 saturated carbocycles. The Kier molecular flexibility index (Phi) is 5.41. The number of ether oxygens (including phenoxy) is 1. The lowest BCUT2D eigenvalue weighted by Gasteiger charge is -2.25. The second kappa shape index (κ2) is 7.07. The summed E-state index contributed by atoms with van der Waals surface area (Å²) < 4.78 is 5.03. The quantitative estimate of drug-likeness (QED) is 0.614. The predicted molar refractivity (Wildman–Crippen MR) is 80.0 cm³/mol. The molecule has 0 spiro atoms. The molecule has 0 atom stereocenters. The zero-order valence-electron chi connectivity index (χ0n) is 10.7. The van der Waals surface area contributed by atoms with Gasteiger partial charge in [0.2, 0.25) is 0 Å². The third-order valence-corrected chi connectivity index (χ3v) is 4.09. The number of hydrogen-bond donors (Lipinski definition) is 1. The van der Waals surface area contributed by atoms with Crippen LogP contribution in [-0.2, 0) is 11.3 Å². The Morgan fingerprint density at radius 2 is 2.44 bits per heavy atom. The summed E-state index contributed by atoms with van der Waals surface area (Å²) in [7, 11) is 1.73. The molecule has 5 heteroatoms. The molecular weight excluding hydrogens is 264 g/mol. The summed E-state index contributed by atoms with van der Waals surface area (Å²) in [4.78, 5) is 2.32. The van der Waals surface area contributed by atoms with Crippen molar-refractivity contribution in [1.82, 2.24) is 10.2 Å². The van der Waals surface area contributed by atoms with Crippen molar-refractivity contribution in [2.24, 2.45) is 0 Å². The first-order valence-corrected chi connectivity index (χ1v) is 7.71. The van der Waals surface area contributed by atoms with Gasteiger partial charge in [-0.15, -0.1) is 0 Å². The van der Waals surface area contributed by atoms with E-state index in [0.29, 0.717) is 6.04 Å². The molecule has 1 aliphatic carbocycles. The largest absolute Gasteiger partial charge is 0.385 e. The summed E-state index contributed by atoms with van der Waals surface area (Å²) in [6, 6.07) is 2.82. The Balaban J connectivity index is 1.79. The maximum Gasteiger partial charge on any atom is 0.169 e. The number of hydrogen-bond acceptors (Lipinski definition) is 3. The molecule has 0 aliphatic heterocycles.